The summed E-state index contributed by atoms with van der Waals surface area (Å²) in [6.45, 7) is 8.70. The molecule has 0 bridgehead atoms. The molecule has 1 aromatic carbocycles. The van der Waals surface area contributed by atoms with E-state index in [9.17, 15) is 10.1 Å². The van der Waals surface area contributed by atoms with Crippen molar-refractivity contribution in [2.75, 3.05) is 0 Å². The maximum Gasteiger partial charge on any atom is 0.331 e. The van der Waals surface area contributed by atoms with E-state index in [0.717, 1.165) is 16.1 Å². The van der Waals surface area contributed by atoms with E-state index in [1.807, 2.05) is 34.8 Å². The van der Waals surface area contributed by atoms with E-state index in [4.69, 9.17) is 4.98 Å². The fourth-order valence-corrected chi connectivity index (χ4v) is 9.00. The number of halogens is 2. The predicted octanol–water partition coefficient (Wildman–Crippen LogP) is 9.29. The zero-order chi connectivity index (χ0) is 27.8. The van der Waals surface area contributed by atoms with Gasteiger partial charge >= 0.3 is 4.36 Å². The van der Waals surface area contributed by atoms with Crippen LogP contribution in [0.25, 0.3) is 32.1 Å². The summed E-state index contributed by atoms with van der Waals surface area (Å²) in [4.78, 5) is 22.9. The Bertz CT molecular complexity index is 1760. The Balaban J connectivity index is 1.59. The molecule has 0 aliphatic heterocycles. The van der Waals surface area contributed by atoms with Crippen LogP contribution in [0.3, 0.4) is 0 Å². The number of aromatic nitrogens is 1. The van der Waals surface area contributed by atoms with E-state index in [1.165, 1.54) is 58.7 Å². The summed E-state index contributed by atoms with van der Waals surface area (Å²) in [5.41, 5.74) is 7.40. The summed E-state index contributed by atoms with van der Waals surface area (Å²) < 4.78 is -0.0527. The quantitative estimate of drug-likeness (QED) is 0.0797. The molecule has 0 spiro atoms. The Kier molecular flexibility index (Phi) is 8.27. The highest BCUT2D eigenvalue weighted by molar-refractivity contribution is 9.49. The number of hydrogen-bond acceptors (Lipinski definition) is 6. The number of rotatable bonds is 5. The maximum absolute atomic E-state index is 10.9. The average Bonchev–Trinajstić information content (AvgIpc) is 3.56. The highest BCUT2D eigenvalue weighted by atomic mass is 79.9. The van der Waals surface area contributed by atoms with Crippen molar-refractivity contribution in [1.82, 2.24) is 4.98 Å². The van der Waals surface area contributed by atoms with Gasteiger partial charge in [-0.2, -0.15) is 0 Å². The molecule has 0 saturated carbocycles. The van der Waals surface area contributed by atoms with Crippen LogP contribution in [-0.2, 0) is 0 Å². The Morgan fingerprint density at radius 1 is 0.821 bits per heavy atom. The third-order valence-corrected chi connectivity index (χ3v) is 10.3. The molecule has 5 rings (SSSR count). The van der Waals surface area contributed by atoms with E-state index in [-0.39, 0.29) is 10.0 Å². The molecular formula is C29H21BBr2N2O2S3. The van der Waals surface area contributed by atoms with Gasteiger partial charge in [-0.3, -0.25) is 15.1 Å². The molecule has 194 valence electrons. The second-order valence-corrected chi connectivity index (χ2v) is 16.0. The van der Waals surface area contributed by atoms with Gasteiger partial charge in [0.05, 0.1) is 15.5 Å². The highest BCUT2D eigenvalue weighted by Crippen LogP contribution is 2.47. The number of nitro groups is 1. The van der Waals surface area contributed by atoms with Gasteiger partial charge in [0.2, 0.25) is 0 Å². The number of nitro benzene ring substituents is 1. The minimum atomic E-state index is -0.415. The second-order valence-electron chi connectivity index (χ2n) is 8.99. The minimum Gasteiger partial charge on any atom is -0.258 e. The highest BCUT2D eigenvalue weighted by Gasteiger charge is 2.29. The fourth-order valence-electron chi connectivity index (χ4n) is 4.45. The van der Waals surface area contributed by atoms with Gasteiger partial charge in [0.15, 0.2) is 0 Å². The summed E-state index contributed by atoms with van der Waals surface area (Å²) in [5, 5.41) is 10.9. The topological polar surface area (TPSA) is 56.0 Å². The van der Waals surface area contributed by atoms with Gasteiger partial charge in [0.25, 0.3) is 5.69 Å². The number of pyridine rings is 1. The maximum atomic E-state index is 10.9. The summed E-state index contributed by atoms with van der Waals surface area (Å²) in [7, 11) is 0. The van der Waals surface area contributed by atoms with Gasteiger partial charge in [0, 0.05) is 59.4 Å². The lowest BCUT2D eigenvalue weighted by Gasteiger charge is -2.09. The molecular weight excluding hydrogens is 675 g/mol. The minimum absolute atomic E-state index is 0.0505. The monoisotopic (exact) mass is 694 g/mol. The van der Waals surface area contributed by atoms with E-state index >= 15 is 0 Å². The number of thiophene rings is 3. The summed E-state index contributed by atoms with van der Waals surface area (Å²) in [6.07, 6.45) is 1.79. The lowest BCUT2D eigenvalue weighted by atomic mass is 9.84. The molecule has 4 aromatic heterocycles. The summed E-state index contributed by atoms with van der Waals surface area (Å²) in [5.74, 6) is 6.19. The normalized spacial score (nSPS) is 10.8. The first-order valence-electron chi connectivity index (χ1n) is 11.9. The molecule has 4 heterocycles. The largest absolute Gasteiger partial charge is 0.331 e. The van der Waals surface area contributed by atoms with Crippen molar-refractivity contribution in [2.45, 2.75) is 27.7 Å². The molecule has 0 amide bonds. The van der Waals surface area contributed by atoms with E-state index in [2.05, 4.69) is 83.2 Å². The van der Waals surface area contributed by atoms with E-state index < -0.39 is 4.92 Å². The zero-order valence-corrected chi connectivity index (χ0v) is 27.1. The van der Waals surface area contributed by atoms with Crippen LogP contribution in [0.4, 0.5) is 5.69 Å². The van der Waals surface area contributed by atoms with Gasteiger partial charge in [-0.25, -0.2) is 0 Å². The first kappa shape index (κ1) is 28.0. The molecule has 0 radical (unpaired) electrons. The Morgan fingerprint density at radius 3 is 1.92 bits per heavy atom. The van der Waals surface area contributed by atoms with Crippen LogP contribution in [0.5, 0.6) is 0 Å². The number of hydrogen-bond donors (Lipinski definition) is 0. The first-order chi connectivity index (χ1) is 18.6. The van der Waals surface area contributed by atoms with Gasteiger partial charge in [-0.1, -0.05) is 11.8 Å². The third kappa shape index (κ3) is 5.84. The summed E-state index contributed by atoms with van der Waals surface area (Å²) >= 11 is 13.1. The molecule has 0 aliphatic carbocycles. The molecule has 0 aliphatic rings. The fraction of sp³-hybridized carbons (Fsp3) is 0.138. The number of aryl methyl sites for hydroxylation is 4. The van der Waals surface area contributed by atoms with Gasteiger partial charge in [-0.15, -0.1) is 65.5 Å². The SMILES string of the molecule is Cc1cc(-c2sc(-c3ccc(C#Cc4ccc([N+](=O)[O-])cc4)cn3)c(B(Br)Br)c2-c2cc(C)sc2C)c(C)s1. The molecule has 10 heteroatoms. The average molecular weight is 696 g/mol. The van der Waals surface area contributed by atoms with Crippen LogP contribution >= 0.6 is 65.5 Å². The Hall–Kier alpha value is -2.55. The van der Waals surface area contributed by atoms with Crippen molar-refractivity contribution >= 4 is 81.0 Å². The van der Waals surface area contributed by atoms with Crippen molar-refractivity contribution in [3.63, 3.8) is 0 Å². The van der Waals surface area contributed by atoms with Gasteiger partial charge in [-0.05, 0) is 80.7 Å². The zero-order valence-electron chi connectivity index (χ0n) is 21.5. The number of benzene rings is 1. The molecule has 0 N–H and O–H groups in total. The molecule has 0 atom stereocenters. The predicted molar refractivity (Wildman–Crippen MR) is 175 cm³/mol. The van der Waals surface area contributed by atoms with Crippen molar-refractivity contribution < 1.29 is 4.92 Å². The van der Waals surface area contributed by atoms with Crippen molar-refractivity contribution in [3.8, 4) is 44.0 Å². The Morgan fingerprint density at radius 2 is 1.41 bits per heavy atom. The van der Waals surface area contributed by atoms with Gasteiger partial charge in [0.1, 0.15) is 0 Å². The van der Waals surface area contributed by atoms with Crippen LogP contribution in [-0.4, -0.2) is 14.3 Å². The third-order valence-electron chi connectivity index (χ3n) is 6.18. The number of nitrogens with zero attached hydrogens (tertiary/aromatic N) is 2. The molecule has 0 saturated heterocycles. The van der Waals surface area contributed by atoms with Crippen LogP contribution in [0.1, 0.15) is 30.6 Å². The molecule has 39 heavy (non-hydrogen) atoms. The smallest absolute Gasteiger partial charge is 0.258 e. The van der Waals surface area contributed by atoms with Crippen molar-refractivity contribution in [3.05, 3.63) is 95.5 Å². The van der Waals surface area contributed by atoms with E-state index in [0.29, 0.717) is 5.56 Å². The van der Waals surface area contributed by atoms with Crippen LogP contribution in [0.15, 0.2) is 54.7 Å². The number of non-ortho nitro benzene ring substituents is 1. The van der Waals surface area contributed by atoms with Crippen molar-refractivity contribution in [1.29, 1.82) is 0 Å². The Labute approximate surface area is 256 Å². The van der Waals surface area contributed by atoms with E-state index in [1.54, 1.807) is 29.7 Å². The molecule has 5 aromatic rings. The lowest BCUT2D eigenvalue weighted by molar-refractivity contribution is -0.384. The first-order valence-corrected chi connectivity index (χ1v) is 16.2. The lowest BCUT2D eigenvalue weighted by Crippen LogP contribution is -2.20. The standard InChI is InChI=1S/C29H21BBr2N2O2S3/c1-16-13-23(18(3)37-16)26-27(30(31)32)29(39-28(26)24-14-17(2)38-19(24)4)25-12-9-21(15-33-25)6-5-20-7-10-22(11-8-20)34(35)36/h7-15H,1-4H3. The van der Waals surface area contributed by atoms with Gasteiger partial charge < -0.3 is 0 Å². The van der Waals surface area contributed by atoms with Crippen LogP contribution in [0.2, 0.25) is 0 Å². The van der Waals surface area contributed by atoms with Crippen LogP contribution in [0, 0.1) is 49.7 Å². The molecule has 4 nitrogen and oxygen atoms in total. The van der Waals surface area contributed by atoms with Crippen molar-refractivity contribution in [2.24, 2.45) is 0 Å². The second kappa shape index (κ2) is 11.5. The molecule has 0 fully saturated rings. The molecule has 0 unspecified atom stereocenters. The van der Waals surface area contributed by atoms with Crippen LogP contribution < -0.4 is 5.46 Å². The summed E-state index contributed by atoms with van der Waals surface area (Å²) in [6, 6.07) is 14.8.